The summed E-state index contributed by atoms with van der Waals surface area (Å²) in [5, 5.41) is 3.36. The van der Waals surface area contributed by atoms with Gasteiger partial charge in [-0.2, -0.15) is 0 Å². The van der Waals surface area contributed by atoms with Crippen molar-refractivity contribution in [1.29, 1.82) is 0 Å². The fourth-order valence-corrected chi connectivity index (χ4v) is 4.33. The van der Waals surface area contributed by atoms with Crippen molar-refractivity contribution in [2.24, 2.45) is 17.3 Å². The van der Waals surface area contributed by atoms with E-state index in [9.17, 15) is 0 Å². The minimum Gasteiger partial charge on any atom is -0.319 e. The number of hydrogen-bond donors (Lipinski definition) is 1. The molecule has 2 fully saturated rings. The molecule has 3 unspecified atom stereocenters. The van der Waals surface area contributed by atoms with Crippen LogP contribution in [0.2, 0.25) is 0 Å². The Morgan fingerprint density at radius 1 is 1.28 bits per heavy atom. The van der Waals surface area contributed by atoms with Crippen molar-refractivity contribution in [2.45, 2.75) is 58.9 Å². The maximum absolute atomic E-state index is 3.36. The molecule has 1 N–H and O–H groups in total. The Morgan fingerprint density at radius 3 is 2.72 bits per heavy atom. The number of piperidine rings is 1. The number of rotatable bonds is 3. The van der Waals surface area contributed by atoms with E-state index < -0.39 is 0 Å². The topological polar surface area (TPSA) is 15.3 Å². The van der Waals surface area contributed by atoms with E-state index in [0.29, 0.717) is 5.41 Å². The lowest BCUT2D eigenvalue weighted by atomic mass is 9.70. The second-order valence-electron chi connectivity index (χ2n) is 7.51. The van der Waals surface area contributed by atoms with Gasteiger partial charge in [-0.3, -0.25) is 4.90 Å². The van der Waals surface area contributed by atoms with E-state index in [1.807, 2.05) is 0 Å². The highest BCUT2D eigenvalue weighted by atomic mass is 15.2. The van der Waals surface area contributed by atoms with E-state index in [1.165, 1.54) is 51.7 Å². The van der Waals surface area contributed by atoms with Gasteiger partial charge in [0.15, 0.2) is 0 Å². The average Bonchev–Trinajstić information content (AvgIpc) is 2.28. The normalized spacial score (nSPS) is 37.7. The zero-order chi connectivity index (χ0) is 13.2. The number of likely N-dealkylation sites (tertiary alicyclic amines) is 1. The molecule has 2 nitrogen and oxygen atoms in total. The van der Waals surface area contributed by atoms with E-state index >= 15 is 0 Å². The molecule has 2 aliphatic rings. The number of hydrogen-bond acceptors (Lipinski definition) is 2. The third-order valence-electron chi connectivity index (χ3n) is 5.16. The highest BCUT2D eigenvalue weighted by Gasteiger charge is 2.36. The quantitative estimate of drug-likeness (QED) is 0.830. The van der Waals surface area contributed by atoms with E-state index in [-0.39, 0.29) is 0 Å². The smallest absolute Gasteiger partial charge is 0.0121 e. The Kier molecular flexibility index (Phi) is 4.71. The molecule has 1 aliphatic carbocycles. The van der Waals surface area contributed by atoms with Crippen LogP contribution in [0, 0.1) is 17.3 Å². The molecule has 0 aromatic carbocycles. The van der Waals surface area contributed by atoms with Gasteiger partial charge in [-0.1, -0.05) is 20.8 Å². The fraction of sp³-hybridized carbons (Fsp3) is 1.00. The van der Waals surface area contributed by atoms with Gasteiger partial charge >= 0.3 is 0 Å². The SMILES string of the molecule is CNCC1CCCN(C2CCC(C)(C)CC2C)C1. The van der Waals surface area contributed by atoms with Crippen molar-refractivity contribution < 1.29 is 0 Å². The summed E-state index contributed by atoms with van der Waals surface area (Å²) in [5.74, 6) is 1.76. The van der Waals surface area contributed by atoms with Crippen LogP contribution < -0.4 is 5.32 Å². The first-order chi connectivity index (χ1) is 8.52. The maximum Gasteiger partial charge on any atom is 0.0121 e. The number of nitrogens with zero attached hydrogens (tertiary/aromatic N) is 1. The molecule has 0 aromatic heterocycles. The molecule has 0 bridgehead atoms. The minimum absolute atomic E-state index is 0.579. The minimum atomic E-state index is 0.579. The van der Waals surface area contributed by atoms with Crippen LogP contribution in [0.5, 0.6) is 0 Å². The van der Waals surface area contributed by atoms with Gasteiger partial charge < -0.3 is 5.32 Å². The standard InChI is InChI=1S/C16H32N2/c1-13-10-16(2,3)8-7-15(13)18-9-5-6-14(12-18)11-17-4/h13-15,17H,5-12H2,1-4H3. The molecule has 1 saturated heterocycles. The fourth-order valence-electron chi connectivity index (χ4n) is 4.33. The Balaban J connectivity index is 1.91. The van der Waals surface area contributed by atoms with Crippen molar-refractivity contribution in [3.05, 3.63) is 0 Å². The van der Waals surface area contributed by atoms with Crippen molar-refractivity contribution in [1.82, 2.24) is 10.2 Å². The van der Waals surface area contributed by atoms with Crippen LogP contribution in [0.15, 0.2) is 0 Å². The molecule has 0 spiro atoms. The van der Waals surface area contributed by atoms with Crippen molar-refractivity contribution in [3.63, 3.8) is 0 Å². The second kappa shape index (κ2) is 5.92. The van der Waals surface area contributed by atoms with Gasteiger partial charge in [-0.05, 0) is 69.5 Å². The summed E-state index contributed by atoms with van der Waals surface area (Å²) in [6, 6.07) is 0.859. The van der Waals surface area contributed by atoms with Crippen molar-refractivity contribution >= 4 is 0 Å². The van der Waals surface area contributed by atoms with Crippen LogP contribution >= 0.6 is 0 Å². The van der Waals surface area contributed by atoms with E-state index in [2.05, 4.69) is 38.0 Å². The molecule has 3 atom stereocenters. The van der Waals surface area contributed by atoms with Gasteiger partial charge in [0.2, 0.25) is 0 Å². The molecule has 18 heavy (non-hydrogen) atoms. The Bertz CT molecular complexity index is 260. The lowest BCUT2D eigenvalue weighted by Gasteiger charge is -2.47. The molecule has 0 aromatic rings. The van der Waals surface area contributed by atoms with Crippen LogP contribution in [0.3, 0.4) is 0 Å². The highest BCUT2D eigenvalue weighted by molar-refractivity contribution is 4.90. The summed E-state index contributed by atoms with van der Waals surface area (Å²) in [5.41, 5.74) is 0.579. The molecular formula is C16H32N2. The Hall–Kier alpha value is -0.0800. The van der Waals surface area contributed by atoms with E-state index in [0.717, 1.165) is 17.9 Å². The first kappa shape index (κ1) is 14.3. The summed E-state index contributed by atoms with van der Waals surface area (Å²) in [6.45, 7) is 11.2. The van der Waals surface area contributed by atoms with Crippen molar-refractivity contribution in [2.75, 3.05) is 26.7 Å². The summed E-state index contributed by atoms with van der Waals surface area (Å²) >= 11 is 0. The summed E-state index contributed by atoms with van der Waals surface area (Å²) in [7, 11) is 2.09. The van der Waals surface area contributed by atoms with Gasteiger partial charge in [0.05, 0.1) is 0 Å². The van der Waals surface area contributed by atoms with Gasteiger partial charge in [-0.25, -0.2) is 0 Å². The van der Waals surface area contributed by atoms with Crippen LogP contribution in [0.1, 0.15) is 52.9 Å². The zero-order valence-corrected chi connectivity index (χ0v) is 12.8. The van der Waals surface area contributed by atoms with Crippen LogP contribution in [-0.4, -0.2) is 37.6 Å². The Morgan fingerprint density at radius 2 is 2.06 bits per heavy atom. The Labute approximate surface area is 114 Å². The first-order valence-corrected chi connectivity index (χ1v) is 7.90. The van der Waals surface area contributed by atoms with E-state index in [4.69, 9.17) is 0 Å². The third-order valence-corrected chi connectivity index (χ3v) is 5.16. The second-order valence-corrected chi connectivity index (χ2v) is 7.51. The predicted molar refractivity (Wildman–Crippen MR) is 78.8 cm³/mol. The van der Waals surface area contributed by atoms with Gasteiger partial charge in [0.1, 0.15) is 0 Å². The molecular weight excluding hydrogens is 220 g/mol. The summed E-state index contributed by atoms with van der Waals surface area (Å²) in [6.07, 6.45) is 7.06. The lowest BCUT2D eigenvalue weighted by Crippen LogP contribution is -2.49. The summed E-state index contributed by atoms with van der Waals surface area (Å²) < 4.78 is 0. The van der Waals surface area contributed by atoms with Gasteiger partial charge in [0.25, 0.3) is 0 Å². The highest BCUT2D eigenvalue weighted by Crippen LogP contribution is 2.41. The zero-order valence-electron chi connectivity index (χ0n) is 12.8. The van der Waals surface area contributed by atoms with Gasteiger partial charge in [-0.15, -0.1) is 0 Å². The average molecular weight is 252 g/mol. The lowest BCUT2D eigenvalue weighted by molar-refractivity contribution is 0.0330. The van der Waals surface area contributed by atoms with Crippen LogP contribution in [0.25, 0.3) is 0 Å². The first-order valence-electron chi connectivity index (χ1n) is 7.90. The predicted octanol–water partition coefficient (Wildman–Crippen LogP) is 3.13. The number of nitrogens with one attached hydrogen (secondary N) is 1. The largest absolute Gasteiger partial charge is 0.319 e. The monoisotopic (exact) mass is 252 g/mol. The van der Waals surface area contributed by atoms with Crippen LogP contribution in [-0.2, 0) is 0 Å². The molecule has 2 rings (SSSR count). The molecule has 2 heteroatoms. The molecule has 106 valence electrons. The molecule has 0 radical (unpaired) electrons. The maximum atomic E-state index is 3.36. The van der Waals surface area contributed by atoms with Crippen LogP contribution in [0.4, 0.5) is 0 Å². The van der Waals surface area contributed by atoms with Crippen molar-refractivity contribution in [3.8, 4) is 0 Å². The van der Waals surface area contributed by atoms with E-state index in [1.54, 1.807) is 0 Å². The molecule has 0 amide bonds. The molecule has 1 heterocycles. The molecule has 1 aliphatic heterocycles. The third kappa shape index (κ3) is 3.48. The summed E-state index contributed by atoms with van der Waals surface area (Å²) in [4.78, 5) is 2.81. The molecule has 1 saturated carbocycles. The van der Waals surface area contributed by atoms with Gasteiger partial charge in [0, 0.05) is 12.6 Å².